The molecule has 2 aliphatic rings. The molecule has 5 nitrogen and oxygen atoms in total. The smallest absolute Gasteiger partial charge is 0.228 e. The Hall–Kier alpha value is -2.60. The van der Waals surface area contributed by atoms with Gasteiger partial charge in [-0.05, 0) is 42.8 Å². The number of hydrogen-bond donors (Lipinski definition) is 0. The van der Waals surface area contributed by atoms with Crippen LogP contribution in [0.5, 0.6) is 0 Å². The third-order valence-corrected chi connectivity index (χ3v) is 5.94. The zero-order valence-electron chi connectivity index (χ0n) is 16.3. The Morgan fingerprint density at radius 2 is 1.83 bits per heavy atom. The topological polar surface area (TPSA) is 43.9 Å². The van der Waals surface area contributed by atoms with Crippen molar-refractivity contribution in [3.8, 4) is 0 Å². The molecule has 2 saturated heterocycles. The van der Waals surface area contributed by atoms with Gasteiger partial charge in [-0.25, -0.2) is 4.39 Å². The van der Waals surface area contributed by atoms with Crippen LogP contribution in [0.15, 0.2) is 42.5 Å². The average Bonchev–Trinajstić information content (AvgIpc) is 3.11. The zero-order valence-corrected chi connectivity index (χ0v) is 17.0. The van der Waals surface area contributed by atoms with E-state index in [2.05, 4.69) is 30.0 Å². The van der Waals surface area contributed by atoms with Crippen molar-refractivity contribution < 1.29 is 14.0 Å². The molecule has 4 rings (SSSR count). The molecule has 2 aromatic carbocycles. The summed E-state index contributed by atoms with van der Waals surface area (Å²) >= 11 is 5.84. The molecule has 0 bridgehead atoms. The summed E-state index contributed by atoms with van der Waals surface area (Å²) < 4.78 is 13.4. The number of rotatable bonds is 3. The van der Waals surface area contributed by atoms with Gasteiger partial charge in [0.15, 0.2) is 0 Å². The highest BCUT2D eigenvalue weighted by molar-refractivity contribution is 6.31. The molecule has 0 radical (unpaired) electrons. The van der Waals surface area contributed by atoms with E-state index in [1.807, 2.05) is 11.0 Å². The first-order valence-electron chi connectivity index (χ1n) is 9.78. The molecule has 2 heterocycles. The molecule has 0 N–H and O–H groups in total. The Bertz CT molecular complexity index is 943. The van der Waals surface area contributed by atoms with E-state index in [9.17, 15) is 14.0 Å². The van der Waals surface area contributed by atoms with Crippen LogP contribution in [0, 0.1) is 18.7 Å². The van der Waals surface area contributed by atoms with Gasteiger partial charge in [-0.15, -0.1) is 0 Å². The van der Waals surface area contributed by atoms with Crippen LogP contribution in [-0.2, 0) is 9.59 Å². The quantitative estimate of drug-likeness (QED) is 0.770. The average molecular weight is 416 g/mol. The van der Waals surface area contributed by atoms with Gasteiger partial charge < -0.3 is 14.7 Å². The summed E-state index contributed by atoms with van der Waals surface area (Å²) in [5.74, 6) is -1.03. The summed E-state index contributed by atoms with van der Waals surface area (Å²) in [5.41, 5.74) is 2.92. The van der Waals surface area contributed by atoms with Gasteiger partial charge in [0, 0.05) is 50.5 Å². The maximum Gasteiger partial charge on any atom is 0.228 e. The predicted octanol–water partition coefficient (Wildman–Crippen LogP) is 3.49. The molecular weight excluding hydrogens is 393 g/mol. The number of carbonyl (C=O) groups excluding carboxylic acids is 2. The van der Waals surface area contributed by atoms with Crippen molar-refractivity contribution >= 4 is 34.8 Å². The third kappa shape index (κ3) is 4.08. The minimum atomic E-state index is -0.527. The van der Waals surface area contributed by atoms with Gasteiger partial charge in [-0.2, -0.15) is 0 Å². The number of halogens is 2. The molecule has 0 spiro atoms. The first kappa shape index (κ1) is 19.7. The molecule has 2 fully saturated rings. The second-order valence-electron chi connectivity index (χ2n) is 7.66. The maximum absolute atomic E-state index is 13.4. The lowest BCUT2D eigenvalue weighted by molar-refractivity contribution is -0.136. The fraction of sp³-hybridized carbons (Fsp3) is 0.364. The van der Waals surface area contributed by atoms with E-state index in [0.717, 1.165) is 13.1 Å². The van der Waals surface area contributed by atoms with Crippen LogP contribution in [0.4, 0.5) is 15.8 Å². The molecule has 7 heteroatoms. The van der Waals surface area contributed by atoms with Gasteiger partial charge in [0.05, 0.1) is 10.9 Å². The first-order chi connectivity index (χ1) is 13.9. The maximum atomic E-state index is 13.4. The van der Waals surface area contributed by atoms with Crippen molar-refractivity contribution in [3.63, 3.8) is 0 Å². The first-order valence-corrected chi connectivity index (χ1v) is 10.2. The molecule has 2 aromatic rings. The second kappa shape index (κ2) is 8.03. The third-order valence-electron chi connectivity index (χ3n) is 5.65. The van der Waals surface area contributed by atoms with Crippen LogP contribution in [0.25, 0.3) is 0 Å². The number of aryl methyl sites for hydroxylation is 1. The van der Waals surface area contributed by atoms with Crippen LogP contribution < -0.4 is 9.80 Å². The molecule has 2 aliphatic heterocycles. The van der Waals surface area contributed by atoms with Crippen molar-refractivity contribution in [1.82, 2.24) is 4.90 Å². The largest absolute Gasteiger partial charge is 0.368 e. The number of benzene rings is 2. The highest BCUT2D eigenvalue weighted by atomic mass is 35.5. The van der Waals surface area contributed by atoms with Gasteiger partial charge in [0.1, 0.15) is 5.82 Å². The fourth-order valence-corrected chi connectivity index (χ4v) is 4.22. The Kier molecular flexibility index (Phi) is 5.46. The molecule has 0 aromatic heterocycles. The zero-order chi connectivity index (χ0) is 20.5. The molecule has 2 amide bonds. The lowest BCUT2D eigenvalue weighted by Gasteiger charge is -2.37. The summed E-state index contributed by atoms with van der Waals surface area (Å²) in [6.45, 7) is 5.19. The molecule has 0 aliphatic carbocycles. The minimum absolute atomic E-state index is 0.0120. The molecule has 0 saturated carbocycles. The van der Waals surface area contributed by atoms with E-state index in [-0.39, 0.29) is 29.2 Å². The van der Waals surface area contributed by atoms with Crippen LogP contribution in [0.1, 0.15) is 12.0 Å². The van der Waals surface area contributed by atoms with Crippen LogP contribution in [-0.4, -0.2) is 49.4 Å². The summed E-state index contributed by atoms with van der Waals surface area (Å²) in [6.07, 6.45) is 0.173. The lowest BCUT2D eigenvalue weighted by Crippen LogP contribution is -2.50. The van der Waals surface area contributed by atoms with E-state index in [1.165, 1.54) is 34.3 Å². The number of carbonyl (C=O) groups is 2. The van der Waals surface area contributed by atoms with E-state index >= 15 is 0 Å². The van der Waals surface area contributed by atoms with Gasteiger partial charge in [0.25, 0.3) is 0 Å². The van der Waals surface area contributed by atoms with Crippen LogP contribution >= 0.6 is 11.6 Å². The van der Waals surface area contributed by atoms with Crippen LogP contribution in [0.2, 0.25) is 5.02 Å². The number of amides is 2. The van der Waals surface area contributed by atoms with Crippen molar-refractivity contribution in [2.24, 2.45) is 5.92 Å². The normalized spacial score (nSPS) is 19.8. The van der Waals surface area contributed by atoms with E-state index in [1.54, 1.807) is 0 Å². The van der Waals surface area contributed by atoms with Crippen molar-refractivity contribution in [2.75, 3.05) is 42.5 Å². The number of piperazine rings is 1. The summed E-state index contributed by atoms with van der Waals surface area (Å²) in [7, 11) is 0. The SMILES string of the molecule is Cc1cccc(N2CCN(C(=O)[C@H]3CC(=O)N(c4ccc(F)c(Cl)c4)C3)CC2)c1. The predicted molar refractivity (Wildman–Crippen MR) is 112 cm³/mol. The standard InChI is InChI=1S/C22H23ClFN3O2/c1-15-3-2-4-17(11-15)25-7-9-26(10-8-25)22(29)16-12-21(28)27(14-16)18-5-6-20(24)19(23)13-18/h2-6,11,13,16H,7-10,12,14H2,1H3/t16-/m0/s1. The molecule has 152 valence electrons. The lowest BCUT2D eigenvalue weighted by atomic mass is 10.1. The number of anilines is 2. The van der Waals surface area contributed by atoms with E-state index in [4.69, 9.17) is 11.6 Å². The molecule has 0 unspecified atom stereocenters. The van der Waals surface area contributed by atoms with E-state index < -0.39 is 5.82 Å². The van der Waals surface area contributed by atoms with Crippen molar-refractivity contribution in [3.05, 3.63) is 58.9 Å². The Labute approximate surface area is 174 Å². The van der Waals surface area contributed by atoms with Gasteiger partial charge in [-0.1, -0.05) is 23.7 Å². The molecular formula is C22H23ClFN3O2. The highest BCUT2D eigenvalue weighted by Crippen LogP contribution is 2.29. The Balaban J connectivity index is 1.38. The molecule has 1 atom stereocenters. The molecule has 29 heavy (non-hydrogen) atoms. The van der Waals surface area contributed by atoms with E-state index in [0.29, 0.717) is 25.3 Å². The summed E-state index contributed by atoms with van der Waals surface area (Å²) in [5, 5.41) is -0.0302. The van der Waals surface area contributed by atoms with Crippen LogP contribution in [0.3, 0.4) is 0 Å². The summed E-state index contributed by atoms with van der Waals surface area (Å²) in [4.78, 5) is 31.1. The second-order valence-corrected chi connectivity index (χ2v) is 8.06. The Morgan fingerprint density at radius 3 is 2.52 bits per heavy atom. The fourth-order valence-electron chi connectivity index (χ4n) is 4.04. The van der Waals surface area contributed by atoms with Gasteiger partial charge in [-0.3, -0.25) is 9.59 Å². The monoisotopic (exact) mass is 415 g/mol. The van der Waals surface area contributed by atoms with Gasteiger partial charge in [0.2, 0.25) is 11.8 Å². The van der Waals surface area contributed by atoms with Crippen molar-refractivity contribution in [2.45, 2.75) is 13.3 Å². The van der Waals surface area contributed by atoms with Gasteiger partial charge >= 0.3 is 0 Å². The van der Waals surface area contributed by atoms with Crippen molar-refractivity contribution in [1.29, 1.82) is 0 Å². The minimum Gasteiger partial charge on any atom is -0.368 e. The Morgan fingerprint density at radius 1 is 1.07 bits per heavy atom. The number of nitrogens with zero attached hydrogens (tertiary/aromatic N) is 3. The highest BCUT2D eigenvalue weighted by Gasteiger charge is 2.38. The summed E-state index contributed by atoms with van der Waals surface area (Å²) in [6, 6.07) is 12.5. The number of hydrogen-bond acceptors (Lipinski definition) is 3.